The molecule has 0 radical (unpaired) electrons. The molecule has 0 aliphatic heterocycles. The number of amides is 1. The number of hydrogen-bond acceptors (Lipinski definition) is 3. The zero-order valence-corrected chi connectivity index (χ0v) is 15.6. The first-order valence-corrected chi connectivity index (χ1v) is 8.62. The molecule has 6 nitrogen and oxygen atoms in total. The molecule has 28 heavy (non-hydrogen) atoms. The van der Waals surface area contributed by atoms with E-state index in [1.54, 1.807) is 18.2 Å². The molecule has 0 saturated carbocycles. The van der Waals surface area contributed by atoms with Crippen LogP contribution in [0.4, 0.5) is 19.0 Å². The zero-order chi connectivity index (χ0) is 20.6. The van der Waals surface area contributed by atoms with Crippen molar-refractivity contribution < 1.29 is 18.0 Å². The summed E-state index contributed by atoms with van der Waals surface area (Å²) in [5.74, 6) is 0.662. The topological polar surface area (TPSA) is 78.4 Å². The molecule has 0 atom stereocenters. The Morgan fingerprint density at radius 2 is 1.89 bits per heavy atom. The third kappa shape index (κ3) is 6.90. The van der Waals surface area contributed by atoms with Crippen molar-refractivity contribution in [1.82, 2.24) is 15.6 Å². The summed E-state index contributed by atoms with van der Waals surface area (Å²) in [5, 5.41) is 8.57. The molecule has 0 unspecified atom stereocenters. The minimum atomic E-state index is -4.38. The molecule has 3 N–H and O–H groups in total. The normalized spacial score (nSPS) is 11.8. The van der Waals surface area contributed by atoms with E-state index in [0.29, 0.717) is 23.9 Å². The van der Waals surface area contributed by atoms with Gasteiger partial charge in [-0.05, 0) is 36.8 Å². The maximum atomic E-state index is 12.8. The molecule has 0 spiro atoms. The lowest BCUT2D eigenvalue weighted by Crippen LogP contribution is -2.38. The lowest BCUT2D eigenvalue weighted by Gasteiger charge is -2.13. The van der Waals surface area contributed by atoms with Gasteiger partial charge in [0.1, 0.15) is 5.82 Å². The first-order valence-electron chi connectivity index (χ1n) is 8.62. The number of anilines is 1. The molecule has 9 heteroatoms. The lowest BCUT2D eigenvalue weighted by atomic mass is 10.1. The van der Waals surface area contributed by atoms with Crippen LogP contribution in [0.15, 0.2) is 47.5 Å². The number of hydrogen-bond donors (Lipinski definition) is 3. The molecular weight excluding hydrogens is 371 g/mol. The highest BCUT2D eigenvalue weighted by atomic mass is 19.4. The van der Waals surface area contributed by atoms with Gasteiger partial charge in [0.25, 0.3) is 0 Å². The van der Waals surface area contributed by atoms with Gasteiger partial charge in [0.05, 0.1) is 5.56 Å². The summed E-state index contributed by atoms with van der Waals surface area (Å²) in [6, 6.07) is 10.4. The van der Waals surface area contributed by atoms with Gasteiger partial charge in [-0.2, -0.15) is 13.2 Å². The molecule has 0 fully saturated rings. The maximum absolute atomic E-state index is 12.8. The van der Waals surface area contributed by atoms with E-state index < -0.39 is 11.7 Å². The van der Waals surface area contributed by atoms with Crippen molar-refractivity contribution >= 4 is 17.7 Å². The first kappa shape index (κ1) is 21.2. The lowest BCUT2D eigenvalue weighted by molar-refractivity contribution is -0.137. The Bertz CT molecular complexity index is 836. The summed E-state index contributed by atoms with van der Waals surface area (Å²) in [6.07, 6.45) is -4.20. The monoisotopic (exact) mass is 393 g/mol. The zero-order valence-electron chi connectivity index (χ0n) is 15.6. The molecule has 1 amide bonds. The van der Waals surface area contributed by atoms with E-state index in [1.165, 1.54) is 13.1 Å². The van der Waals surface area contributed by atoms with Crippen molar-refractivity contribution in [2.24, 2.45) is 4.99 Å². The number of carbonyl (C=O) groups excluding carboxylic acids is 1. The largest absolute Gasteiger partial charge is 0.416 e. The number of aryl methyl sites for hydroxylation is 1. The van der Waals surface area contributed by atoms with E-state index >= 15 is 0 Å². The van der Waals surface area contributed by atoms with Gasteiger partial charge in [-0.25, -0.2) is 4.98 Å². The molecule has 1 aromatic heterocycles. The highest BCUT2D eigenvalue weighted by Gasteiger charge is 2.30. The van der Waals surface area contributed by atoms with Gasteiger partial charge in [0.15, 0.2) is 5.96 Å². The molecule has 2 aromatic rings. The number of carbonyl (C=O) groups is 1. The van der Waals surface area contributed by atoms with Crippen molar-refractivity contribution in [3.8, 4) is 0 Å². The second-order valence-corrected chi connectivity index (χ2v) is 6.01. The number of benzene rings is 1. The molecular formula is C19H22F3N5O. The van der Waals surface area contributed by atoms with E-state index in [-0.39, 0.29) is 18.9 Å². The van der Waals surface area contributed by atoms with E-state index in [0.717, 1.165) is 17.8 Å². The van der Waals surface area contributed by atoms with Crippen LogP contribution in [0.5, 0.6) is 0 Å². The van der Waals surface area contributed by atoms with Crippen LogP contribution in [-0.4, -0.2) is 30.4 Å². The van der Waals surface area contributed by atoms with Crippen molar-refractivity contribution in [3.63, 3.8) is 0 Å². The van der Waals surface area contributed by atoms with Crippen molar-refractivity contribution in [2.45, 2.75) is 26.1 Å². The molecule has 1 aromatic carbocycles. The van der Waals surface area contributed by atoms with Crippen LogP contribution in [0.3, 0.4) is 0 Å². The van der Waals surface area contributed by atoms with Crippen LogP contribution in [0, 0.1) is 6.92 Å². The molecule has 1 heterocycles. The molecule has 2 rings (SSSR count). The number of aromatic nitrogens is 1. The second-order valence-electron chi connectivity index (χ2n) is 6.01. The Balaban J connectivity index is 1.78. The molecule has 150 valence electrons. The summed E-state index contributed by atoms with van der Waals surface area (Å²) < 4.78 is 38.3. The van der Waals surface area contributed by atoms with Crippen LogP contribution in [0.25, 0.3) is 0 Å². The molecule has 0 saturated heterocycles. The quantitative estimate of drug-likeness (QED) is 0.521. The van der Waals surface area contributed by atoms with Crippen molar-refractivity contribution in [1.29, 1.82) is 0 Å². The van der Waals surface area contributed by atoms with Crippen LogP contribution in [-0.2, 0) is 17.5 Å². The van der Waals surface area contributed by atoms with E-state index in [4.69, 9.17) is 0 Å². The fourth-order valence-corrected chi connectivity index (χ4v) is 2.38. The maximum Gasteiger partial charge on any atom is 0.416 e. The minimum Gasteiger partial charge on any atom is -0.356 e. The van der Waals surface area contributed by atoms with E-state index in [9.17, 15) is 18.0 Å². The van der Waals surface area contributed by atoms with Gasteiger partial charge in [0, 0.05) is 32.3 Å². The number of guanidine groups is 1. The number of halogens is 3. The van der Waals surface area contributed by atoms with Crippen LogP contribution in [0.2, 0.25) is 0 Å². The van der Waals surface area contributed by atoms with E-state index in [2.05, 4.69) is 25.9 Å². The van der Waals surface area contributed by atoms with Crippen LogP contribution in [0.1, 0.15) is 23.2 Å². The highest BCUT2D eigenvalue weighted by molar-refractivity contribution is 5.90. The third-order valence-electron chi connectivity index (χ3n) is 3.74. The van der Waals surface area contributed by atoms with Crippen molar-refractivity contribution in [3.05, 3.63) is 59.3 Å². The predicted octanol–water partition coefficient (Wildman–Crippen LogP) is 3.10. The van der Waals surface area contributed by atoms with E-state index in [1.807, 2.05) is 13.0 Å². The molecule has 0 bridgehead atoms. The van der Waals surface area contributed by atoms with Gasteiger partial charge in [0.2, 0.25) is 5.91 Å². The summed E-state index contributed by atoms with van der Waals surface area (Å²) in [6.45, 7) is 2.31. The Labute approximate surface area is 161 Å². The van der Waals surface area contributed by atoms with Gasteiger partial charge < -0.3 is 16.0 Å². The van der Waals surface area contributed by atoms with Gasteiger partial charge in [-0.1, -0.05) is 18.2 Å². The summed E-state index contributed by atoms with van der Waals surface area (Å²) in [4.78, 5) is 20.1. The number of alkyl halides is 3. The van der Waals surface area contributed by atoms with Crippen LogP contribution >= 0.6 is 0 Å². The Hall–Kier alpha value is -3.10. The first-order chi connectivity index (χ1) is 13.3. The Kier molecular flexibility index (Phi) is 7.36. The Morgan fingerprint density at radius 3 is 2.57 bits per heavy atom. The van der Waals surface area contributed by atoms with Crippen LogP contribution < -0.4 is 16.0 Å². The number of pyridine rings is 1. The second kappa shape index (κ2) is 9.72. The summed E-state index contributed by atoms with van der Waals surface area (Å²) in [5.41, 5.74) is 0.576. The highest BCUT2D eigenvalue weighted by Crippen LogP contribution is 2.29. The number of aliphatic imine (C=N–C) groups is 1. The number of rotatable bonds is 6. The average Bonchev–Trinajstić information content (AvgIpc) is 2.64. The number of nitrogens with one attached hydrogen (secondary N) is 3. The number of nitrogens with zero attached hydrogens (tertiary/aromatic N) is 2. The average molecular weight is 393 g/mol. The fraction of sp³-hybridized carbons (Fsp3) is 0.316. The Morgan fingerprint density at radius 1 is 1.14 bits per heavy atom. The SMILES string of the molecule is CN=C(NCCC(=O)Nc1cccc(C)n1)NCc1cccc(C(F)(F)F)c1. The molecule has 0 aliphatic carbocycles. The van der Waals surface area contributed by atoms with Gasteiger partial charge in [-0.3, -0.25) is 9.79 Å². The summed E-state index contributed by atoms with van der Waals surface area (Å²) in [7, 11) is 1.54. The van der Waals surface area contributed by atoms with Gasteiger partial charge in [-0.15, -0.1) is 0 Å². The minimum absolute atomic E-state index is 0.170. The third-order valence-corrected chi connectivity index (χ3v) is 3.74. The van der Waals surface area contributed by atoms with Crippen molar-refractivity contribution in [2.75, 3.05) is 18.9 Å². The standard InChI is InChI=1S/C19H22F3N5O/c1-13-5-3-8-16(26-13)27-17(28)9-10-24-18(23-2)25-12-14-6-4-7-15(11-14)19(20,21)22/h3-8,11H,9-10,12H2,1-2H3,(H2,23,24,25)(H,26,27,28). The smallest absolute Gasteiger partial charge is 0.356 e. The fourth-order valence-electron chi connectivity index (χ4n) is 2.38. The molecule has 0 aliphatic rings. The predicted molar refractivity (Wildman–Crippen MR) is 102 cm³/mol. The van der Waals surface area contributed by atoms with Gasteiger partial charge >= 0.3 is 6.18 Å². The summed E-state index contributed by atoms with van der Waals surface area (Å²) >= 11 is 0.